The van der Waals surface area contributed by atoms with Gasteiger partial charge in [0.25, 0.3) is 5.91 Å². The number of hydrogen-bond donors (Lipinski definition) is 2. The van der Waals surface area contributed by atoms with Gasteiger partial charge >= 0.3 is 0 Å². The minimum absolute atomic E-state index is 0.0847. The lowest BCUT2D eigenvalue weighted by atomic mass is 10.1. The number of nitriles is 1. The number of carbonyl (C=O) groups is 1. The van der Waals surface area contributed by atoms with Crippen LogP contribution in [0.5, 0.6) is 11.5 Å². The molecule has 0 saturated heterocycles. The summed E-state index contributed by atoms with van der Waals surface area (Å²) in [6, 6.07) is 5.84. The van der Waals surface area contributed by atoms with Crippen molar-refractivity contribution in [3.8, 4) is 17.6 Å². The molecule has 0 saturated carbocycles. The van der Waals surface area contributed by atoms with E-state index in [4.69, 9.17) is 10.00 Å². The quantitative estimate of drug-likeness (QED) is 0.797. The maximum Gasteiger partial charge on any atom is 0.256 e. The van der Waals surface area contributed by atoms with E-state index >= 15 is 0 Å². The number of benzene rings is 1. The molecule has 2 N–H and O–H groups in total. The minimum atomic E-state index is -0.613. The van der Waals surface area contributed by atoms with Crippen LogP contribution in [0.2, 0.25) is 0 Å². The molecule has 16 heavy (non-hydrogen) atoms. The summed E-state index contributed by atoms with van der Waals surface area (Å²) in [5, 5.41) is 20.6. The topological polar surface area (TPSA) is 82.3 Å². The summed E-state index contributed by atoms with van der Waals surface area (Å²) in [6.45, 7) is 1.55. The Morgan fingerprint density at radius 1 is 1.62 bits per heavy atom. The number of para-hydroxylation sites is 1. The highest BCUT2D eigenvalue weighted by atomic mass is 16.5. The van der Waals surface area contributed by atoms with Gasteiger partial charge in [0, 0.05) is 0 Å². The maximum absolute atomic E-state index is 11.6. The van der Waals surface area contributed by atoms with Gasteiger partial charge in [-0.3, -0.25) is 4.79 Å². The van der Waals surface area contributed by atoms with Gasteiger partial charge in [0.2, 0.25) is 0 Å². The first-order valence-corrected chi connectivity index (χ1v) is 4.66. The van der Waals surface area contributed by atoms with Crippen LogP contribution in [-0.2, 0) is 0 Å². The molecule has 0 radical (unpaired) electrons. The Labute approximate surface area is 93.3 Å². The lowest BCUT2D eigenvalue weighted by Crippen LogP contribution is -2.31. The van der Waals surface area contributed by atoms with Gasteiger partial charge in [0.05, 0.1) is 18.7 Å². The first kappa shape index (κ1) is 11.9. The van der Waals surface area contributed by atoms with Gasteiger partial charge in [0.15, 0.2) is 11.5 Å². The predicted molar refractivity (Wildman–Crippen MR) is 57.2 cm³/mol. The Kier molecular flexibility index (Phi) is 3.72. The molecule has 5 nitrogen and oxygen atoms in total. The van der Waals surface area contributed by atoms with Crippen molar-refractivity contribution in [1.29, 1.82) is 5.26 Å². The standard InChI is InChI=1S/C11H12N2O3/c1-7(6-12)13-11(15)8-4-3-5-9(16-2)10(8)14/h3-5,7,14H,1-2H3,(H,13,15). The Balaban J connectivity index is 2.97. The molecular formula is C11H12N2O3. The van der Waals surface area contributed by atoms with Gasteiger partial charge in [-0.05, 0) is 19.1 Å². The number of rotatable bonds is 3. The SMILES string of the molecule is COc1cccc(C(=O)NC(C)C#N)c1O. The van der Waals surface area contributed by atoms with Crippen LogP contribution in [-0.4, -0.2) is 24.2 Å². The molecule has 1 rings (SSSR count). The molecular weight excluding hydrogens is 208 g/mol. The van der Waals surface area contributed by atoms with E-state index in [0.29, 0.717) is 0 Å². The molecule has 0 spiro atoms. The maximum atomic E-state index is 11.6. The lowest BCUT2D eigenvalue weighted by Gasteiger charge is -2.10. The molecule has 0 aromatic heterocycles. The molecule has 5 heteroatoms. The van der Waals surface area contributed by atoms with Gasteiger partial charge in [-0.1, -0.05) is 6.07 Å². The van der Waals surface area contributed by atoms with Crippen LogP contribution in [0.4, 0.5) is 0 Å². The fourth-order valence-electron chi connectivity index (χ4n) is 1.18. The average molecular weight is 220 g/mol. The largest absolute Gasteiger partial charge is 0.504 e. The Hall–Kier alpha value is -2.22. The summed E-state index contributed by atoms with van der Waals surface area (Å²) in [5.74, 6) is -0.518. The van der Waals surface area contributed by atoms with Gasteiger partial charge in [-0.25, -0.2) is 0 Å². The summed E-state index contributed by atoms with van der Waals surface area (Å²) in [7, 11) is 1.40. The zero-order valence-electron chi connectivity index (χ0n) is 9.02. The summed E-state index contributed by atoms with van der Waals surface area (Å²) in [6.07, 6.45) is 0. The third-order valence-corrected chi connectivity index (χ3v) is 2.00. The molecule has 0 aliphatic carbocycles. The number of carbonyl (C=O) groups excluding carboxylic acids is 1. The Morgan fingerprint density at radius 3 is 2.88 bits per heavy atom. The summed E-state index contributed by atoms with van der Waals surface area (Å²) in [4.78, 5) is 11.6. The number of amides is 1. The normalized spacial score (nSPS) is 11.3. The van der Waals surface area contributed by atoms with Crippen LogP contribution in [0.15, 0.2) is 18.2 Å². The van der Waals surface area contributed by atoms with E-state index < -0.39 is 11.9 Å². The molecule has 0 heterocycles. The number of nitrogens with zero attached hydrogens (tertiary/aromatic N) is 1. The summed E-state index contributed by atoms with van der Waals surface area (Å²) >= 11 is 0. The van der Waals surface area contributed by atoms with Crippen LogP contribution < -0.4 is 10.1 Å². The number of methoxy groups -OCH3 is 1. The van der Waals surface area contributed by atoms with Crippen molar-refractivity contribution >= 4 is 5.91 Å². The minimum Gasteiger partial charge on any atom is -0.504 e. The van der Waals surface area contributed by atoms with Crippen LogP contribution >= 0.6 is 0 Å². The zero-order valence-corrected chi connectivity index (χ0v) is 9.02. The van der Waals surface area contributed by atoms with E-state index in [9.17, 15) is 9.90 Å². The molecule has 1 atom stereocenters. The Bertz CT molecular complexity index is 437. The second-order valence-corrected chi connectivity index (χ2v) is 3.18. The number of aromatic hydroxyl groups is 1. The van der Waals surface area contributed by atoms with E-state index in [1.165, 1.54) is 13.2 Å². The summed E-state index contributed by atoms with van der Waals surface area (Å²) < 4.78 is 4.87. The summed E-state index contributed by atoms with van der Waals surface area (Å²) in [5.41, 5.74) is 0.0847. The van der Waals surface area contributed by atoms with Crippen LogP contribution in [0.3, 0.4) is 0 Å². The molecule has 1 unspecified atom stereocenters. The van der Waals surface area contributed by atoms with Crippen molar-refractivity contribution in [3.05, 3.63) is 23.8 Å². The van der Waals surface area contributed by atoms with Crippen molar-refractivity contribution in [1.82, 2.24) is 5.32 Å². The highest BCUT2D eigenvalue weighted by Crippen LogP contribution is 2.29. The molecule has 0 aliphatic rings. The molecule has 84 valence electrons. The van der Waals surface area contributed by atoms with E-state index in [1.807, 2.05) is 6.07 Å². The van der Waals surface area contributed by atoms with Gasteiger partial charge < -0.3 is 15.2 Å². The lowest BCUT2D eigenvalue weighted by molar-refractivity contribution is 0.0944. The molecule has 1 amide bonds. The van der Waals surface area contributed by atoms with Gasteiger partial charge in [0.1, 0.15) is 6.04 Å². The highest BCUT2D eigenvalue weighted by molar-refractivity contribution is 5.97. The second kappa shape index (κ2) is 5.03. The van der Waals surface area contributed by atoms with Gasteiger partial charge in [-0.15, -0.1) is 0 Å². The highest BCUT2D eigenvalue weighted by Gasteiger charge is 2.15. The second-order valence-electron chi connectivity index (χ2n) is 3.18. The van der Waals surface area contributed by atoms with Gasteiger partial charge in [-0.2, -0.15) is 5.26 Å². The van der Waals surface area contributed by atoms with Crippen molar-refractivity contribution in [2.24, 2.45) is 0 Å². The van der Waals surface area contributed by atoms with E-state index in [2.05, 4.69) is 5.32 Å². The fourth-order valence-corrected chi connectivity index (χ4v) is 1.18. The monoisotopic (exact) mass is 220 g/mol. The zero-order chi connectivity index (χ0) is 12.1. The fraction of sp³-hybridized carbons (Fsp3) is 0.273. The van der Waals surface area contributed by atoms with E-state index in [0.717, 1.165) is 0 Å². The first-order chi connectivity index (χ1) is 7.60. The van der Waals surface area contributed by atoms with Crippen LogP contribution in [0.25, 0.3) is 0 Å². The average Bonchev–Trinajstić information content (AvgIpc) is 2.29. The third-order valence-electron chi connectivity index (χ3n) is 2.00. The number of ether oxygens (including phenoxy) is 1. The molecule has 0 fully saturated rings. The molecule has 1 aromatic rings. The molecule has 0 aliphatic heterocycles. The van der Waals surface area contributed by atoms with Crippen LogP contribution in [0, 0.1) is 11.3 Å². The third kappa shape index (κ3) is 2.42. The Morgan fingerprint density at radius 2 is 2.31 bits per heavy atom. The van der Waals surface area contributed by atoms with Crippen molar-refractivity contribution in [2.75, 3.05) is 7.11 Å². The number of nitrogens with one attached hydrogen (secondary N) is 1. The molecule has 1 aromatic carbocycles. The predicted octanol–water partition coefficient (Wildman–Crippen LogP) is 1.04. The first-order valence-electron chi connectivity index (χ1n) is 4.66. The smallest absolute Gasteiger partial charge is 0.256 e. The van der Waals surface area contributed by atoms with E-state index in [1.54, 1.807) is 19.1 Å². The van der Waals surface area contributed by atoms with Crippen molar-refractivity contribution in [3.63, 3.8) is 0 Å². The number of phenols is 1. The molecule has 0 bridgehead atoms. The number of hydrogen-bond acceptors (Lipinski definition) is 4. The van der Waals surface area contributed by atoms with E-state index in [-0.39, 0.29) is 17.1 Å². The van der Waals surface area contributed by atoms with Crippen molar-refractivity contribution in [2.45, 2.75) is 13.0 Å². The number of phenolic OH excluding ortho intramolecular Hbond substituents is 1. The van der Waals surface area contributed by atoms with Crippen LogP contribution in [0.1, 0.15) is 17.3 Å². The van der Waals surface area contributed by atoms with Crippen molar-refractivity contribution < 1.29 is 14.6 Å².